The van der Waals surface area contributed by atoms with Gasteiger partial charge in [-0.2, -0.15) is 0 Å². The second-order valence-electron chi connectivity index (χ2n) is 5.24. The Balaban J connectivity index is 1.81. The molecule has 0 bridgehead atoms. The SMILES string of the molecule is CN1CCN(C(=O)c2ccnc(-c3ccccn3)c2)CC1. The third-order valence-corrected chi connectivity index (χ3v) is 3.72. The molecule has 1 saturated heterocycles. The van der Waals surface area contributed by atoms with Crippen LogP contribution in [0.5, 0.6) is 0 Å². The Morgan fingerprint density at radius 2 is 1.76 bits per heavy atom. The van der Waals surface area contributed by atoms with Crippen molar-refractivity contribution in [3.05, 3.63) is 48.3 Å². The van der Waals surface area contributed by atoms with Crippen LogP contribution in [0.1, 0.15) is 10.4 Å². The lowest BCUT2D eigenvalue weighted by molar-refractivity contribution is 0.0664. The van der Waals surface area contributed by atoms with E-state index in [1.54, 1.807) is 18.5 Å². The van der Waals surface area contributed by atoms with Gasteiger partial charge >= 0.3 is 0 Å². The van der Waals surface area contributed by atoms with Crippen LogP contribution in [0.3, 0.4) is 0 Å². The van der Waals surface area contributed by atoms with Crippen LogP contribution in [-0.4, -0.2) is 58.9 Å². The number of piperazine rings is 1. The van der Waals surface area contributed by atoms with Crippen molar-refractivity contribution in [2.45, 2.75) is 0 Å². The van der Waals surface area contributed by atoms with Gasteiger partial charge in [-0.05, 0) is 31.3 Å². The minimum Gasteiger partial charge on any atom is -0.336 e. The summed E-state index contributed by atoms with van der Waals surface area (Å²) in [6.07, 6.45) is 3.40. The molecule has 5 nitrogen and oxygen atoms in total. The molecule has 0 N–H and O–H groups in total. The lowest BCUT2D eigenvalue weighted by Crippen LogP contribution is -2.47. The minimum atomic E-state index is 0.0719. The molecule has 0 radical (unpaired) electrons. The summed E-state index contributed by atoms with van der Waals surface area (Å²) in [4.78, 5) is 25.3. The highest BCUT2D eigenvalue weighted by Gasteiger charge is 2.20. The highest BCUT2D eigenvalue weighted by atomic mass is 16.2. The van der Waals surface area contributed by atoms with Gasteiger partial charge < -0.3 is 9.80 Å². The zero-order valence-electron chi connectivity index (χ0n) is 12.1. The monoisotopic (exact) mass is 282 g/mol. The molecule has 0 saturated carbocycles. The fourth-order valence-electron chi connectivity index (χ4n) is 2.41. The van der Waals surface area contributed by atoms with Crippen LogP contribution in [-0.2, 0) is 0 Å². The van der Waals surface area contributed by atoms with Gasteiger partial charge in [-0.25, -0.2) is 0 Å². The van der Waals surface area contributed by atoms with Crippen LogP contribution >= 0.6 is 0 Å². The maximum atomic E-state index is 12.5. The van der Waals surface area contributed by atoms with Crippen molar-refractivity contribution in [1.82, 2.24) is 19.8 Å². The Hall–Kier alpha value is -2.27. The average molecular weight is 282 g/mol. The van der Waals surface area contributed by atoms with Gasteiger partial charge in [0.2, 0.25) is 0 Å². The zero-order chi connectivity index (χ0) is 14.7. The van der Waals surface area contributed by atoms with Gasteiger partial charge in [-0.3, -0.25) is 14.8 Å². The number of aromatic nitrogens is 2. The van der Waals surface area contributed by atoms with Crippen LogP contribution in [0.2, 0.25) is 0 Å². The first-order chi connectivity index (χ1) is 10.2. The number of hydrogen-bond donors (Lipinski definition) is 0. The number of amides is 1. The molecule has 0 unspecified atom stereocenters. The van der Waals surface area contributed by atoms with E-state index in [0.717, 1.165) is 37.6 Å². The molecule has 1 aliphatic heterocycles. The molecule has 0 atom stereocenters. The second-order valence-corrected chi connectivity index (χ2v) is 5.24. The molecule has 3 heterocycles. The van der Waals surface area contributed by atoms with E-state index in [9.17, 15) is 4.79 Å². The molecule has 2 aromatic rings. The van der Waals surface area contributed by atoms with Crippen LogP contribution in [0.15, 0.2) is 42.7 Å². The molecule has 0 aromatic carbocycles. The molecule has 0 spiro atoms. The molecule has 21 heavy (non-hydrogen) atoms. The summed E-state index contributed by atoms with van der Waals surface area (Å²) in [6, 6.07) is 9.27. The molecule has 2 aromatic heterocycles. The molecule has 1 fully saturated rings. The third kappa shape index (κ3) is 3.08. The van der Waals surface area contributed by atoms with Crippen LogP contribution in [0.4, 0.5) is 0 Å². The summed E-state index contributed by atoms with van der Waals surface area (Å²) in [5, 5.41) is 0. The van der Waals surface area contributed by atoms with Crippen molar-refractivity contribution in [3.63, 3.8) is 0 Å². The smallest absolute Gasteiger partial charge is 0.254 e. The molecule has 1 aliphatic rings. The first kappa shape index (κ1) is 13.7. The van der Waals surface area contributed by atoms with E-state index in [-0.39, 0.29) is 5.91 Å². The number of likely N-dealkylation sites (N-methyl/N-ethyl adjacent to an activating group) is 1. The van der Waals surface area contributed by atoms with Gasteiger partial charge in [0.1, 0.15) is 0 Å². The van der Waals surface area contributed by atoms with Crippen LogP contribution in [0, 0.1) is 0 Å². The number of hydrogen-bond acceptors (Lipinski definition) is 4. The van der Waals surface area contributed by atoms with Crippen LogP contribution < -0.4 is 0 Å². The van der Waals surface area contributed by atoms with E-state index in [1.165, 1.54) is 0 Å². The maximum Gasteiger partial charge on any atom is 0.254 e. The van der Waals surface area contributed by atoms with Crippen molar-refractivity contribution in [2.75, 3.05) is 33.2 Å². The Kier molecular flexibility index (Phi) is 3.92. The summed E-state index contributed by atoms with van der Waals surface area (Å²) in [5.74, 6) is 0.0719. The van der Waals surface area contributed by atoms with Crippen molar-refractivity contribution in [1.29, 1.82) is 0 Å². The normalized spacial score (nSPS) is 16.0. The molecule has 5 heteroatoms. The topological polar surface area (TPSA) is 49.3 Å². The summed E-state index contributed by atoms with van der Waals surface area (Å²) < 4.78 is 0. The molecule has 0 aliphatic carbocycles. The summed E-state index contributed by atoms with van der Waals surface area (Å²) in [7, 11) is 2.08. The number of pyridine rings is 2. The predicted octanol–water partition coefficient (Wildman–Crippen LogP) is 1.53. The van der Waals surface area contributed by atoms with E-state index in [0.29, 0.717) is 5.56 Å². The van der Waals surface area contributed by atoms with Gasteiger partial charge in [0, 0.05) is 44.1 Å². The Morgan fingerprint density at radius 3 is 2.48 bits per heavy atom. The van der Waals surface area contributed by atoms with Gasteiger partial charge in [0.05, 0.1) is 11.4 Å². The molecular formula is C16H18N4O. The highest BCUT2D eigenvalue weighted by molar-refractivity contribution is 5.95. The second kappa shape index (κ2) is 6.01. The molecule has 1 amide bonds. The first-order valence-corrected chi connectivity index (χ1v) is 7.09. The Morgan fingerprint density at radius 1 is 1.00 bits per heavy atom. The van der Waals surface area contributed by atoms with Crippen molar-refractivity contribution < 1.29 is 4.79 Å². The van der Waals surface area contributed by atoms with E-state index < -0.39 is 0 Å². The van der Waals surface area contributed by atoms with Gasteiger partial charge in [-0.1, -0.05) is 6.07 Å². The fraction of sp³-hybridized carbons (Fsp3) is 0.312. The quantitative estimate of drug-likeness (QED) is 0.838. The number of carbonyl (C=O) groups is 1. The molecular weight excluding hydrogens is 264 g/mol. The van der Waals surface area contributed by atoms with E-state index in [4.69, 9.17) is 0 Å². The zero-order valence-corrected chi connectivity index (χ0v) is 12.1. The van der Waals surface area contributed by atoms with Crippen LogP contribution in [0.25, 0.3) is 11.4 Å². The summed E-state index contributed by atoms with van der Waals surface area (Å²) in [5.41, 5.74) is 2.19. The lowest BCUT2D eigenvalue weighted by atomic mass is 10.1. The minimum absolute atomic E-state index is 0.0719. The van der Waals surface area contributed by atoms with Gasteiger partial charge in [-0.15, -0.1) is 0 Å². The predicted molar refractivity (Wildman–Crippen MR) is 80.9 cm³/mol. The Bertz CT molecular complexity index is 621. The largest absolute Gasteiger partial charge is 0.336 e. The summed E-state index contributed by atoms with van der Waals surface area (Å²) in [6.45, 7) is 3.39. The van der Waals surface area contributed by atoms with Crippen molar-refractivity contribution in [3.8, 4) is 11.4 Å². The van der Waals surface area contributed by atoms with E-state index in [1.807, 2.05) is 29.2 Å². The lowest BCUT2D eigenvalue weighted by Gasteiger charge is -2.32. The van der Waals surface area contributed by atoms with Crippen molar-refractivity contribution in [2.24, 2.45) is 0 Å². The van der Waals surface area contributed by atoms with E-state index in [2.05, 4.69) is 21.9 Å². The maximum absolute atomic E-state index is 12.5. The number of nitrogens with zero attached hydrogens (tertiary/aromatic N) is 4. The fourth-order valence-corrected chi connectivity index (χ4v) is 2.41. The average Bonchev–Trinajstić information content (AvgIpc) is 2.56. The highest BCUT2D eigenvalue weighted by Crippen LogP contribution is 2.16. The standard InChI is InChI=1S/C16H18N4O/c1-19-8-10-20(11-9-19)16(21)13-5-7-18-15(12-13)14-4-2-3-6-17-14/h2-7,12H,8-11H2,1H3. The van der Waals surface area contributed by atoms with Gasteiger partial charge in [0.15, 0.2) is 0 Å². The number of rotatable bonds is 2. The third-order valence-electron chi connectivity index (χ3n) is 3.72. The van der Waals surface area contributed by atoms with E-state index >= 15 is 0 Å². The summed E-state index contributed by atoms with van der Waals surface area (Å²) >= 11 is 0. The first-order valence-electron chi connectivity index (χ1n) is 7.09. The van der Waals surface area contributed by atoms with Gasteiger partial charge in [0.25, 0.3) is 5.91 Å². The van der Waals surface area contributed by atoms with Crippen molar-refractivity contribution >= 4 is 5.91 Å². The molecule has 3 rings (SSSR count). The molecule has 108 valence electrons. The Labute approximate surface area is 124 Å². The number of carbonyl (C=O) groups excluding carboxylic acids is 1.